The largest absolute Gasteiger partial charge is 1.00 e. The second-order valence-corrected chi connectivity index (χ2v) is 6.54. The molecule has 0 amide bonds. The number of ether oxygens (including phenoxy) is 1. The minimum Gasteiger partial charge on any atom is -1.00 e. The molecule has 3 nitrogen and oxygen atoms in total. The molecule has 0 fully saturated rings. The number of benzene rings is 2. The molecule has 4 heteroatoms. The third-order valence-electron chi connectivity index (χ3n) is 4.69. The van der Waals surface area contributed by atoms with Gasteiger partial charge in [-0.25, -0.2) is 4.79 Å². The van der Waals surface area contributed by atoms with Gasteiger partial charge in [0.25, 0.3) is 0 Å². The van der Waals surface area contributed by atoms with E-state index in [2.05, 4.69) is 49.8 Å². The van der Waals surface area contributed by atoms with Crippen LogP contribution in [-0.4, -0.2) is 30.4 Å². The van der Waals surface area contributed by atoms with E-state index in [4.69, 9.17) is 4.74 Å². The number of hydrogen-bond acceptors (Lipinski definition) is 2. The summed E-state index contributed by atoms with van der Waals surface area (Å²) in [6.07, 6.45) is 4.29. The highest BCUT2D eigenvalue weighted by Gasteiger charge is 2.43. The summed E-state index contributed by atoms with van der Waals surface area (Å²) in [4.78, 5) is 11.8. The van der Waals surface area contributed by atoms with Crippen molar-refractivity contribution in [3.05, 3.63) is 71.3 Å². The van der Waals surface area contributed by atoms with Crippen molar-refractivity contribution in [2.75, 3.05) is 14.2 Å². The van der Waals surface area contributed by atoms with Crippen molar-refractivity contribution in [2.45, 2.75) is 19.3 Å². The Morgan fingerprint density at radius 3 is 2.40 bits per heavy atom. The van der Waals surface area contributed by atoms with Crippen LogP contribution in [0.4, 0.5) is 5.69 Å². The number of esters is 1. The Morgan fingerprint density at radius 1 is 1.08 bits per heavy atom. The fourth-order valence-corrected chi connectivity index (χ4v) is 3.32. The summed E-state index contributed by atoms with van der Waals surface area (Å²) in [5.74, 6) is -0.301. The van der Waals surface area contributed by atoms with Crippen LogP contribution in [0.3, 0.4) is 0 Å². The summed E-state index contributed by atoms with van der Waals surface area (Å²) in [6.45, 7) is 4.36. The predicted octanol–water partition coefficient (Wildman–Crippen LogP) is 1.20. The smallest absolute Gasteiger partial charge is 0.337 e. The lowest BCUT2D eigenvalue weighted by Gasteiger charge is -2.16. The van der Waals surface area contributed by atoms with Crippen molar-refractivity contribution >= 4 is 23.4 Å². The Balaban J connectivity index is 0.00000225. The van der Waals surface area contributed by atoms with Gasteiger partial charge in [-0.15, -0.1) is 0 Å². The predicted molar refractivity (Wildman–Crippen MR) is 97.1 cm³/mol. The van der Waals surface area contributed by atoms with Crippen LogP contribution in [0.15, 0.2) is 54.6 Å². The highest BCUT2D eigenvalue weighted by atomic mass is 127. The number of rotatable bonds is 3. The molecule has 0 aliphatic carbocycles. The van der Waals surface area contributed by atoms with Gasteiger partial charge in [0.2, 0.25) is 5.69 Å². The molecule has 3 rings (SSSR count). The molecule has 0 radical (unpaired) electrons. The number of carbonyl (C=O) groups is 1. The number of fused-ring (bicyclic) bond motifs is 1. The molecule has 25 heavy (non-hydrogen) atoms. The third kappa shape index (κ3) is 3.54. The lowest BCUT2D eigenvalue weighted by molar-refractivity contribution is -0.401. The van der Waals surface area contributed by atoms with Crippen molar-refractivity contribution in [3.63, 3.8) is 0 Å². The average molecular weight is 447 g/mol. The Bertz CT molecular complexity index is 851. The van der Waals surface area contributed by atoms with E-state index in [9.17, 15) is 4.79 Å². The zero-order valence-corrected chi connectivity index (χ0v) is 17.1. The van der Waals surface area contributed by atoms with Crippen LogP contribution in [0.5, 0.6) is 0 Å². The molecular formula is C21H22INO2. The van der Waals surface area contributed by atoms with Crippen LogP contribution in [0.1, 0.15) is 35.3 Å². The number of hydrogen-bond donors (Lipinski definition) is 0. The van der Waals surface area contributed by atoms with Gasteiger partial charge in [-0.1, -0.05) is 30.3 Å². The normalized spacial score (nSPS) is 15.0. The fourth-order valence-electron chi connectivity index (χ4n) is 3.32. The van der Waals surface area contributed by atoms with Crippen LogP contribution in [0.2, 0.25) is 0 Å². The molecule has 1 aliphatic rings. The quantitative estimate of drug-likeness (QED) is 0.402. The van der Waals surface area contributed by atoms with E-state index in [1.807, 2.05) is 36.4 Å². The summed E-state index contributed by atoms with van der Waals surface area (Å²) < 4.78 is 7.04. The molecule has 1 aliphatic heterocycles. The van der Waals surface area contributed by atoms with E-state index >= 15 is 0 Å². The molecule has 0 atom stereocenters. The first-order valence-electron chi connectivity index (χ1n) is 8.02. The fraction of sp³-hybridized carbons (Fsp3) is 0.238. The van der Waals surface area contributed by atoms with E-state index < -0.39 is 0 Å². The van der Waals surface area contributed by atoms with Crippen LogP contribution in [0, 0.1) is 0 Å². The Labute approximate surface area is 166 Å². The molecule has 130 valence electrons. The van der Waals surface area contributed by atoms with Gasteiger partial charge in [-0.05, 0) is 37.6 Å². The molecule has 2 aromatic carbocycles. The number of carbonyl (C=O) groups excluding carboxylic acids is 1. The SMILES string of the molecule is COC(=O)c1ccc2c(c1)C(C)(C)C(/C=C/c1ccccc1)=[N+]2C.[I-]. The lowest BCUT2D eigenvalue weighted by atomic mass is 9.80. The molecule has 0 saturated heterocycles. The van der Waals surface area contributed by atoms with Crippen molar-refractivity contribution in [1.82, 2.24) is 0 Å². The maximum atomic E-state index is 11.8. The van der Waals surface area contributed by atoms with E-state index in [0.717, 1.165) is 11.3 Å². The third-order valence-corrected chi connectivity index (χ3v) is 4.69. The molecule has 0 spiro atoms. The van der Waals surface area contributed by atoms with Crippen molar-refractivity contribution in [2.24, 2.45) is 0 Å². The molecule has 1 heterocycles. The molecule has 0 unspecified atom stereocenters. The molecule has 0 saturated carbocycles. The van der Waals surface area contributed by atoms with Crippen LogP contribution in [-0.2, 0) is 10.2 Å². The lowest BCUT2D eigenvalue weighted by Crippen LogP contribution is -3.00. The first kappa shape index (κ1) is 19.4. The van der Waals surface area contributed by atoms with Crippen molar-refractivity contribution in [3.8, 4) is 0 Å². The average Bonchev–Trinajstić information content (AvgIpc) is 2.79. The van der Waals surface area contributed by atoms with Crippen LogP contribution in [0.25, 0.3) is 6.08 Å². The maximum absolute atomic E-state index is 11.8. The van der Waals surface area contributed by atoms with E-state index in [1.54, 1.807) is 0 Å². The molecule has 0 N–H and O–H groups in total. The van der Waals surface area contributed by atoms with Gasteiger partial charge in [-0.2, -0.15) is 4.58 Å². The van der Waals surface area contributed by atoms with Gasteiger partial charge in [0.1, 0.15) is 7.05 Å². The summed E-state index contributed by atoms with van der Waals surface area (Å²) in [5.41, 5.74) is 5.04. The number of allylic oxidation sites excluding steroid dienone is 1. The minimum atomic E-state index is -0.301. The molecule has 0 bridgehead atoms. The van der Waals surface area contributed by atoms with E-state index in [1.165, 1.54) is 18.4 Å². The van der Waals surface area contributed by atoms with Gasteiger partial charge in [0, 0.05) is 17.7 Å². The summed E-state index contributed by atoms with van der Waals surface area (Å²) in [5, 5.41) is 0. The summed E-state index contributed by atoms with van der Waals surface area (Å²) in [7, 11) is 3.48. The Morgan fingerprint density at radius 2 is 1.76 bits per heavy atom. The van der Waals surface area contributed by atoms with Crippen molar-refractivity contribution in [1.29, 1.82) is 0 Å². The second-order valence-electron chi connectivity index (χ2n) is 6.54. The number of nitrogens with zero attached hydrogens (tertiary/aromatic N) is 1. The topological polar surface area (TPSA) is 29.3 Å². The van der Waals surface area contributed by atoms with Gasteiger partial charge in [-0.3, -0.25) is 0 Å². The van der Waals surface area contributed by atoms with Gasteiger partial charge >= 0.3 is 5.97 Å². The van der Waals surface area contributed by atoms with E-state index in [-0.39, 0.29) is 35.4 Å². The number of methoxy groups -OCH3 is 1. The Hall–Kier alpha value is -1.95. The summed E-state index contributed by atoms with van der Waals surface area (Å²) >= 11 is 0. The van der Waals surface area contributed by atoms with E-state index in [0.29, 0.717) is 5.56 Å². The molecule has 2 aromatic rings. The van der Waals surface area contributed by atoms with Gasteiger partial charge in [0.05, 0.1) is 18.1 Å². The standard InChI is InChI=1S/C21H22NO2.HI/c1-21(2)17-14-16(20(23)24-4)11-12-18(17)22(3)19(21)13-10-15-8-6-5-7-9-15;/h5-14H,1-4H3;1H/q+1;/p-1/b13-10+;. The zero-order valence-electron chi connectivity index (χ0n) is 14.9. The first-order valence-corrected chi connectivity index (χ1v) is 8.02. The second kappa shape index (κ2) is 7.52. The monoisotopic (exact) mass is 447 g/mol. The van der Waals surface area contributed by atoms with Crippen LogP contribution < -0.4 is 24.0 Å². The maximum Gasteiger partial charge on any atom is 0.337 e. The van der Waals surface area contributed by atoms with Gasteiger partial charge < -0.3 is 28.7 Å². The zero-order chi connectivity index (χ0) is 17.3. The number of halogens is 1. The highest BCUT2D eigenvalue weighted by molar-refractivity contribution is 6.05. The first-order chi connectivity index (χ1) is 11.4. The van der Waals surface area contributed by atoms with Gasteiger partial charge in [0.15, 0.2) is 5.71 Å². The Kier molecular flexibility index (Phi) is 5.83. The minimum absolute atomic E-state index is 0. The van der Waals surface area contributed by atoms with Crippen LogP contribution >= 0.6 is 0 Å². The molecular weight excluding hydrogens is 425 g/mol. The highest BCUT2D eigenvalue weighted by Crippen LogP contribution is 2.40. The summed E-state index contributed by atoms with van der Waals surface area (Å²) in [6, 6.07) is 16.0. The van der Waals surface area contributed by atoms with Crippen molar-refractivity contribution < 1.29 is 38.1 Å². The molecule has 0 aromatic heterocycles.